The minimum absolute atomic E-state index is 0.0536. The average Bonchev–Trinajstić information content (AvgIpc) is 2.25. The van der Waals surface area contributed by atoms with Gasteiger partial charge in [-0.2, -0.15) is 0 Å². The van der Waals surface area contributed by atoms with Crippen LogP contribution in [0, 0.1) is 10.8 Å². The van der Waals surface area contributed by atoms with Crippen LogP contribution in [0.3, 0.4) is 0 Å². The first-order chi connectivity index (χ1) is 8.08. The smallest absolute Gasteiger partial charge is 0.208 e. The predicted molar refractivity (Wildman–Crippen MR) is 81.4 cm³/mol. The Balaban J connectivity index is 3.49. The van der Waals surface area contributed by atoms with E-state index >= 15 is 0 Å². The van der Waals surface area contributed by atoms with Gasteiger partial charge in [0.2, 0.25) is 5.79 Å². The zero-order valence-electron chi connectivity index (χ0n) is 12.5. The van der Waals surface area contributed by atoms with Gasteiger partial charge in [0.05, 0.1) is 6.61 Å². The summed E-state index contributed by atoms with van der Waals surface area (Å²) < 4.78 is 17.4. The van der Waals surface area contributed by atoms with Crippen molar-refractivity contribution in [1.82, 2.24) is 0 Å². The van der Waals surface area contributed by atoms with Crippen LogP contribution >= 0.6 is 23.0 Å². The van der Waals surface area contributed by atoms with Gasteiger partial charge in [-0.1, -0.05) is 41.5 Å². The molecule has 0 N–H and O–H groups in total. The van der Waals surface area contributed by atoms with Gasteiger partial charge in [-0.25, -0.2) is 0 Å². The molecule has 0 aromatic rings. The molecule has 0 amide bonds. The maximum absolute atomic E-state index is 5.96. The monoisotopic (exact) mass is 368 g/mol. The number of hydrogen-bond donors (Lipinski definition) is 0. The number of hydrogen-bond acceptors (Lipinski definition) is 3. The summed E-state index contributed by atoms with van der Waals surface area (Å²) in [6.07, 6.45) is 0.721. The summed E-state index contributed by atoms with van der Waals surface area (Å²) in [5.74, 6) is 0.333. The fraction of sp³-hybridized carbons (Fsp3) is 0.857. The summed E-state index contributed by atoms with van der Waals surface area (Å²) >= 11 is 1.94. The Hall–Kier alpha value is 0.190. The summed E-state index contributed by atoms with van der Waals surface area (Å²) in [5.41, 5.74) is 0.997. The van der Waals surface area contributed by atoms with Gasteiger partial charge in [-0.05, 0) is 5.41 Å². The Morgan fingerprint density at radius 2 is 1.67 bits per heavy atom. The fourth-order valence-electron chi connectivity index (χ4n) is 2.47. The third kappa shape index (κ3) is 3.02. The molecule has 0 aliphatic carbocycles. The molecule has 0 spiro atoms. The highest BCUT2D eigenvalue weighted by atomic mass is 127. The first-order valence-corrected chi connectivity index (χ1v) is 7.20. The lowest BCUT2D eigenvalue weighted by Gasteiger charge is -2.45. The van der Waals surface area contributed by atoms with Crippen LogP contribution in [0.4, 0.5) is 0 Å². The van der Waals surface area contributed by atoms with Gasteiger partial charge in [0.15, 0.2) is 0 Å². The van der Waals surface area contributed by atoms with E-state index in [1.54, 1.807) is 7.11 Å². The van der Waals surface area contributed by atoms with Crippen molar-refractivity contribution in [2.24, 2.45) is 10.8 Å². The normalized spacial score (nSPS) is 26.2. The van der Waals surface area contributed by atoms with Crippen LogP contribution in [0.1, 0.15) is 48.0 Å². The number of rotatable bonds is 2. The second-order valence-corrected chi connectivity index (χ2v) is 7.28. The van der Waals surface area contributed by atoms with E-state index < -0.39 is 5.79 Å². The molecule has 0 saturated carbocycles. The van der Waals surface area contributed by atoms with Crippen LogP contribution < -0.4 is 0 Å². The molecule has 1 aliphatic rings. The average molecular weight is 368 g/mol. The van der Waals surface area contributed by atoms with Crippen molar-refractivity contribution < 1.29 is 12.5 Å². The Morgan fingerprint density at radius 1 is 1.11 bits per heavy atom. The van der Waals surface area contributed by atoms with Crippen molar-refractivity contribution in [2.45, 2.75) is 53.8 Å². The van der Waals surface area contributed by atoms with Crippen LogP contribution in [0.15, 0.2) is 11.3 Å². The van der Waals surface area contributed by atoms with Gasteiger partial charge in [0.25, 0.3) is 0 Å². The highest BCUT2D eigenvalue weighted by Crippen LogP contribution is 2.49. The Morgan fingerprint density at radius 3 is 2.00 bits per heavy atom. The maximum Gasteiger partial charge on any atom is 0.208 e. The molecule has 1 aliphatic heterocycles. The molecule has 4 heteroatoms. The highest BCUT2D eigenvalue weighted by Gasteiger charge is 2.48. The van der Waals surface area contributed by atoms with Crippen molar-refractivity contribution in [3.63, 3.8) is 0 Å². The highest BCUT2D eigenvalue weighted by molar-refractivity contribution is 14.1. The summed E-state index contributed by atoms with van der Waals surface area (Å²) in [6.45, 7) is 13.6. The van der Waals surface area contributed by atoms with Crippen LogP contribution in [0.5, 0.6) is 0 Å². The molecule has 1 unspecified atom stereocenters. The van der Waals surface area contributed by atoms with Gasteiger partial charge < -0.3 is 9.47 Å². The van der Waals surface area contributed by atoms with E-state index in [-0.39, 0.29) is 10.8 Å². The van der Waals surface area contributed by atoms with E-state index in [0.29, 0.717) is 6.61 Å². The lowest BCUT2D eigenvalue weighted by molar-refractivity contribution is -0.149. The van der Waals surface area contributed by atoms with E-state index in [4.69, 9.17) is 12.5 Å². The van der Waals surface area contributed by atoms with Crippen LogP contribution in [0.2, 0.25) is 0 Å². The van der Waals surface area contributed by atoms with E-state index in [2.05, 4.69) is 41.5 Å². The lowest BCUT2D eigenvalue weighted by atomic mass is 9.74. The van der Waals surface area contributed by atoms with E-state index in [1.165, 1.54) is 0 Å². The number of allylic oxidation sites excluding steroid dienone is 1. The molecule has 18 heavy (non-hydrogen) atoms. The van der Waals surface area contributed by atoms with Crippen molar-refractivity contribution in [1.29, 1.82) is 0 Å². The van der Waals surface area contributed by atoms with Crippen LogP contribution in [0.25, 0.3) is 0 Å². The lowest BCUT2D eigenvalue weighted by Crippen LogP contribution is -2.46. The Bertz CT molecular complexity index is 330. The van der Waals surface area contributed by atoms with Crippen LogP contribution in [-0.2, 0) is 12.5 Å². The second-order valence-electron chi connectivity index (χ2n) is 6.84. The molecule has 0 radical (unpaired) electrons. The Labute approximate surface area is 125 Å². The van der Waals surface area contributed by atoms with Crippen molar-refractivity contribution in [3.05, 3.63) is 11.3 Å². The molecule has 3 nitrogen and oxygen atoms in total. The summed E-state index contributed by atoms with van der Waals surface area (Å²) in [7, 11) is 1.70. The topological polar surface area (TPSA) is 27.7 Å². The molecule has 1 rings (SSSR count). The number of ether oxygens (including phenoxy) is 2. The quantitative estimate of drug-likeness (QED) is 0.532. The molecule has 0 bridgehead atoms. The van der Waals surface area contributed by atoms with Gasteiger partial charge in [0.1, 0.15) is 28.8 Å². The van der Waals surface area contributed by atoms with Crippen molar-refractivity contribution >= 4 is 23.0 Å². The minimum Gasteiger partial charge on any atom is -0.497 e. The number of halogens is 1. The molecule has 0 fully saturated rings. The standard InChI is InChI=1S/C14H25IO3/c1-12(2,3)10-11(13(4,5)6)17-9-8-14(10,16-7)18-15/h8-9H2,1-7H3. The third-order valence-electron chi connectivity index (χ3n) is 3.17. The fourth-order valence-corrected chi connectivity index (χ4v) is 3.09. The maximum atomic E-state index is 5.96. The zero-order chi connectivity index (χ0) is 14.2. The van der Waals surface area contributed by atoms with Gasteiger partial charge in [-0.3, -0.25) is 3.07 Å². The first-order valence-electron chi connectivity index (χ1n) is 6.32. The molecular weight excluding hydrogens is 343 g/mol. The number of methoxy groups -OCH3 is 1. The van der Waals surface area contributed by atoms with Crippen LogP contribution in [-0.4, -0.2) is 19.5 Å². The predicted octanol–water partition coefficient (Wildman–Crippen LogP) is 4.46. The van der Waals surface area contributed by atoms with Crippen molar-refractivity contribution in [2.75, 3.05) is 13.7 Å². The second kappa shape index (κ2) is 5.29. The van der Waals surface area contributed by atoms with Crippen molar-refractivity contribution in [3.8, 4) is 0 Å². The molecule has 0 aromatic carbocycles. The molecule has 0 saturated heterocycles. The minimum atomic E-state index is -0.667. The van der Waals surface area contributed by atoms with Gasteiger partial charge in [0, 0.05) is 24.5 Å². The van der Waals surface area contributed by atoms with Gasteiger partial charge >= 0.3 is 0 Å². The Kier molecular flexibility index (Phi) is 4.77. The molecule has 0 aromatic heterocycles. The summed E-state index contributed by atoms with van der Waals surface area (Å²) in [5, 5.41) is 0. The summed E-state index contributed by atoms with van der Waals surface area (Å²) in [6, 6.07) is 0. The van der Waals surface area contributed by atoms with Gasteiger partial charge in [-0.15, -0.1) is 0 Å². The van der Waals surface area contributed by atoms with E-state index in [9.17, 15) is 0 Å². The molecule has 106 valence electrons. The van der Waals surface area contributed by atoms with E-state index in [0.717, 1.165) is 17.8 Å². The zero-order valence-corrected chi connectivity index (χ0v) is 14.7. The first kappa shape index (κ1) is 16.2. The molecular formula is C14H25IO3. The third-order valence-corrected chi connectivity index (χ3v) is 3.88. The van der Waals surface area contributed by atoms with E-state index in [1.807, 2.05) is 23.0 Å². The molecule has 1 heterocycles. The summed E-state index contributed by atoms with van der Waals surface area (Å²) in [4.78, 5) is 0. The molecule has 1 atom stereocenters. The SMILES string of the molecule is COC1(OI)CCOC(C(C)(C)C)=C1C(C)(C)C. The largest absolute Gasteiger partial charge is 0.497 e.